The van der Waals surface area contributed by atoms with Crippen LogP contribution in [-0.2, 0) is 34.2 Å². The van der Waals surface area contributed by atoms with Gasteiger partial charge in [0.1, 0.15) is 10.9 Å². The minimum absolute atomic E-state index is 0.0146. The van der Waals surface area contributed by atoms with Crippen molar-refractivity contribution in [3.05, 3.63) is 119 Å². The van der Waals surface area contributed by atoms with Crippen LogP contribution in [0.3, 0.4) is 0 Å². The minimum atomic E-state index is -6.16. The molecule has 25 heteroatoms. The molecule has 4 N–H and O–H groups in total. The fraction of sp³-hybridized carbons (Fsp3) is 0.522. The zero-order valence-corrected chi connectivity index (χ0v) is 54.8. The van der Waals surface area contributed by atoms with Crippen LogP contribution in [-0.4, -0.2) is 167 Å². The number of allylic oxidation sites excluding steroid dienone is 1. The molecule has 4 aromatic carbocycles. The first-order valence-corrected chi connectivity index (χ1v) is 36.1. The molecule has 2 atom stereocenters. The Morgan fingerprint density at radius 2 is 1.49 bits per heavy atom. The van der Waals surface area contributed by atoms with Gasteiger partial charge in [0, 0.05) is 118 Å². The summed E-state index contributed by atoms with van der Waals surface area (Å²) in [6.45, 7) is 14.1. The number of piperazine rings is 2. The van der Waals surface area contributed by atoms with E-state index in [4.69, 9.17) is 0 Å². The first kappa shape index (κ1) is 66.6. The van der Waals surface area contributed by atoms with E-state index in [9.17, 15) is 58.8 Å². The molecule has 4 aromatic rings. The highest BCUT2D eigenvalue weighted by molar-refractivity contribution is 7.99. The number of sulfonamides is 1. The number of piperidine rings is 1. The Morgan fingerprint density at radius 3 is 2.17 bits per heavy atom. The summed E-state index contributed by atoms with van der Waals surface area (Å²) in [4.78, 5) is 86.1. The van der Waals surface area contributed by atoms with Gasteiger partial charge in [-0.3, -0.25) is 48.8 Å². The number of imide groups is 2. The summed E-state index contributed by atoms with van der Waals surface area (Å²) in [5.41, 5.74) is 0.0775. The number of rotatable bonds is 25. The number of thioether (sulfide) groups is 1. The molecular formula is C67H82F3N9O10S3. The average molecular weight is 1330 g/mol. The van der Waals surface area contributed by atoms with Crippen molar-refractivity contribution >= 4 is 84.1 Å². The van der Waals surface area contributed by atoms with Gasteiger partial charge < -0.3 is 20.4 Å². The minimum Gasteiger partial charge on any atom is -0.384 e. The molecule has 92 heavy (non-hydrogen) atoms. The van der Waals surface area contributed by atoms with Crippen LogP contribution in [0.1, 0.15) is 142 Å². The summed E-state index contributed by atoms with van der Waals surface area (Å²) >= 11 is 1.40. The molecule has 12 rings (SSSR count). The summed E-state index contributed by atoms with van der Waals surface area (Å²) in [7, 11) is -11.1. The first-order chi connectivity index (χ1) is 43.8. The lowest BCUT2D eigenvalue weighted by molar-refractivity contribution is -0.182. The van der Waals surface area contributed by atoms with Crippen LogP contribution in [0, 0.1) is 16.2 Å². The number of anilines is 3. The van der Waals surface area contributed by atoms with Crippen LogP contribution >= 0.6 is 11.8 Å². The monoisotopic (exact) mass is 1330 g/mol. The molecule has 4 heterocycles. The standard InChI is InChI=1S/C67H82F3N9O10S3/c1-4-65-42-66(43-65,44-65)52-39-64(2,3)27-25-46(52)40-76-32-34-77(35-33-76)48-19-17-45(18-20-48)60(82)74-92(88,89)50-21-22-53(56(38-50)91(86,87)67(68,69)70)72-47(41-90-49-12-7-5-8-13-49)26-29-75-30-36-78(37-31-75)58(81)16-9-6-10-28-71-54-15-11-14-51-59(54)63(85)79(62(51)84)55-23-24-57(80)73-61(55)83/h5,7-8,11-15,17-22,38,47,55,71-72H,4,6,9-10,16,23-37,39-44H2,1-3H3,(H,74,82)(H,73,80,83)/t47-,55?,65?,66?/m1/s1. The smallest absolute Gasteiger partial charge is 0.384 e. The number of benzene rings is 4. The van der Waals surface area contributed by atoms with Gasteiger partial charge >= 0.3 is 5.51 Å². The second-order valence-electron chi connectivity index (χ2n) is 26.8. The van der Waals surface area contributed by atoms with Crippen molar-refractivity contribution in [3.8, 4) is 0 Å². The Morgan fingerprint density at radius 1 is 0.783 bits per heavy atom. The van der Waals surface area contributed by atoms with Crippen molar-refractivity contribution < 1.29 is 58.8 Å². The topological polar surface area (TPSA) is 235 Å². The van der Waals surface area contributed by atoms with E-state index < -0.39 is 82.5 Å². The third-order valence-electron chi connectivity index (χ3n) is 20.0. The SMILES string of the molecule is CCC12CC(C3=C(CN4CCN(c5ccc(C(=O)NS(=O)(=O)c6ccc(N[C@H](CCN7CCN(C(=O)CCCCCNc8cccc9c8C(=O)N(C8CCC(=O)NC8=O)C9=O)CC7)CSc7ccccc7)c(S(=O)(=O)C(F)(F)F)c6)cc5)CC4)CCC(C)(C)C3)(C1)C2. The average Bonchev–Trinajstić information content (AvgIpc) is 0.783. The molecule has 4 aliphatic heterocycles. The number of hydrogen-bond acceptors (Lipinski definition) is 16. The van der Waals surface area contributed by atoms with Crippen molar-refractivity contribution in [1.82, 2.24) is 29.6 Å². The Bertz CT molecular complexity index is 3740. The van der Waals surface area contributed by atoms with Crippen LogP contribution in [0.5, 0.6) is 0 Å². The molecular weight excluding hydrogens is 1240 g/mol. The van der Waals surface area contributed by atoms with Crippen LogP contribution in [0.4, 0.5) is 30.2 Å². The summed E-state index contributed by atoms with van der Waals surface area (Å²) in [5.74, 6) is -3.12. The number of nitrogens with one attached hydrogen (secondary N) is 4. The quantitative estimate of drug-likeness (QED) is 0.0209. The second-order valence-corrected chi connectivity index (χ2v) is 31.5. The van der Waals surface area contributed by atoms with Gasteiger partial charge in [-0.15, -0.1) is 11.8 Å². The highest BCUT2D eigenvalue weighted by Crippen LogP contribution is 2.79. The normalized spacial score (nSPS) is 23.2. The molecule has 3 saturated carbocycles. The zero-order chi connectivity index (χ0) is 65.4. The van der Waals surface area contributed by atoms with Crippen LogP contribution in [0.2, 0.25) is 0 Å². The van der Waals surface area contributed by atoms with Gasteiger partial charge in [-0.2, -0.15) is 13.2 Å². The molecule has 8 aliphatic rings. The van der Waals surface area contributed by atoms with Crippen molar-refractivity contribution in [3.63, 3.8) is 0 Å². The van der Waals surface area contributed by atoms with Gasteiger partial charge in [-0.1, -0.05) is 69.0 Å². The van der Waals surface area contributed by atoms with Gasteiger partial charge in [0.15, 0.2) is 0 Å². The molecule has 2 bridgehead atoms. The number of halogens is 3. The van der Waals surface area contributed by atoms with Gasteiger partial charge in [0.25, 0.3) is 37.6 Å². The van der Waals surface area contributed by atoms with Gasteiger partial charge in [-0.25, -0.2) is 21.6 Å². The van der Waals surface area contributed by atoms with E-state index >= 15 is 0 Å². The number of nitrogens with zero attached hydrogens (tertiary/aromatic N) is 5. The van der Waals surface area contributed by atoms with Crippen LogP contribution in [0.25, 0.3) is 0 Å². The van der Waals surface area contributed by atoms with Gasteiger partial charge in [0.05, 0.1) is 21.7 Å². The van der Waals surface area contributed by atoms with E-state index in [0.29, 0.717) is 99.4 Å². The summed E-state index contributed by atoms with van der Waals surface area (Å²) in [6, 6.07) is 21.2. The lowest BCUT2D eigenvalue weighted by Gasteiger charge is -2.73. The molecule has 1 unspecified atom stereocenters. The Balaban J connectivity index is 0.664. The predicted molar refractivity (Wildman–Crippen MR) is 345 cm³/mol. The highest BCUT2D eigenvalue weighted by atomic mass is 32.2. The fourth-order valence-electron chi connectivity index (χ4n) is 14.7. The molecule has 4 aliphatic carbocycles. The number of carbonyl (C=O) groups excluding carboxylic acids is 6. The molecule has 0 radical (unpaired) electrons. The molecule has 3 saturated heterocycles. The van der Waals surface area contributed by atoms with Crippen molar-refractivity contribution in [2.24, 2.45) is 16.2 Å². The van der Waals surface area contributed by atoms with E-state index in [1.807, 2.05) is 35.1 Å². The largest absolute Gasteiger partial charge is 0.501 e. The highest BCUT2D eigenvalue weighted by Gasteiger charge is 2.68. The van der Waals surface area contributed by atoms with Crippen LogP contribution in [0.15, 0.2) is 117 Å². The third kappa shape index (κ3) is 14.3. The van der Waals surface area contributed by atoms with E-state index in [1.165, 1.54) is 68.5 Å². The zero-order valence-electron chi connectivity index (χ0n) is 52.4. The fourth-order valence-corrected chi connectivity index (χ4v) is 17.7. The molecule has 19 nitrogen and oxygen atoms in total. The van der Waals surface area contributed by atoms with Crippen molar-refractivity contribution in [2.75, 3.05) is 93.3 Å². The number of amides is 6. The van der Waals surface area contributed by atoms with Gasteiger partial charge in [-0.05, 0) is 147 Å². The molecule has 6 amide bonds. The maximum atomic E-state index is 14.5. The number of unbranched alkanes of at least 4 members (excludes halogenated alkanes) is 2. The summed E-state index contributed by atoms with van der Waals surface area (Å²) in [5, 5.41) is 8.44. The molecule has 0 aromatic heterocycles. The lowest BCUT2D eigenvalue weighted by atomic mass is 9.31. The predicted octanol–water partition coefficient (Wildman–Crippen LogP) is 9.49. The van der Waals surface area contributed by atoms with Crippen molar-refractivity contribution in [1.29, 1.82) is 0 Å². The molecule has 6 fully saturated rings. The third-order valence-corrected chi connectivity index (χ3v) is 24.0. The Kier molecular flexibility index (Phi) is 19.5. The van der Waals surface area contributed by atoms with Crippen LogP contribution < -0.4 is 25.6 Å². The Labute approximate surface area is 541 Å². The van der Waals surface area contributed by atoms with E-state index in [2.05, 4.69) is 51.4 Å². The number of alkyl halides is 3. The van der Waals surface area contributed by atoms with E-state index in [1.54, 1.807) is 40.3 Å². The second kappa shape index (κ2) is 26.9. The first-order valence-electron chi connectivity index (χ1n) is 32.1. The number of sulfone groups is 1. The van der Waals surface area contributed by atoms with Gasteiger partial charge in [0.2, 0.25) is 17.7 Å². The lowest BCUT2D eigenvalue weighted by Crippen LogP contribution is -2.63. The number of hydrogen-bond donors (Lipinski definition) is 4. The maximum Gasteiger partial charge on any atom is 0.501 e. The molecule has 0 spiro atoms. The van der Waals surface area contributed by atoms with E-state index in [-0.39, 0.29) is 41.2 Å². The summed E-state index contributed by atoms with van der Waals surface area (Å²) < 4.78 is 100.0. The number of carbonyl (C=O) groups is 6. The number of fused-ring (bicyclic) bond motifs is 1. The summed E-state index contributed by atoms with van der Waals surface area (Å²) in [6.07, 6.45) is 11.5. The van der Waals surface area contributed by atoms with Crippen molar-refractivity contribution in [2.45, 2.75) is 143 Å². The maximum absolute atomic E-state index is 14.5. The Hall–Kier alpha value is -6.80. The molecule has 494 valence electrons. The van der Waals surface area contributed by atoms with E-state index in [0.717, 1.165) is 66.8 Å².